The molecule has 2 aromatic carbocycles. The molecule has 1 aliphatic rings. The number of aryl methyl sites for hydroxylation is 2. The van der Waals surface area contributed by atoms with E-state index in [1.807, 2.05) is 55.5 Å². The van der Waals surface area contributed by atoms with Crippen molar-refractivity contribution in [2.75, 3.05) is 7.05 Å². The lowest BCUT2D eigenvalue weighted by molar-refractivity contribution is -0.121. The summed E-state index contributed by atoms with van der Waals surface area (Å²) in [5, 5.41) is 0.618. The highest BCUT2D eigenvalue weighted by atomic mass is 32.2. The maximum atomic E-state index is 12.6. The molecule has 156 valence electrons. The number of hydrogen-bond acceptors (Lipinski definition) is 5. The number of aromatic nitrogens is 1. The summed E-state index contributed by atoms with van der Waals surface area (Å²) >= 11 is 1.35. The van der Waals surface area contributed by atoms with E-state index in [2.05, 4.69) is 41.2 Å². The molecular weight excluding hydrogens is 406 g/mol. The van der Waals surface area contributed by atoms with Crippen LogP contribution < -0.4 is 4.74 Å². The molecule has 0 N–H and O–H groups in total. The van der Waals surface area contributed by atoms with Gasteiger partial charge in [0.05, 0.1) is 4.91 Å². The van der Waals surface area contributed by atoms with E-state index in [9.17, 15) is 4.79 Å². The number of nitrogens with zero attached hydrogens (tertiary/aromatic N) is 3. The molecule has 2 heterocycles. The molecule has 31 heavy (non-hydrogen) atoms. The molecule has 0 atom stereocenters. The van der Waals surface area contributed by atoms with Gasteiger partial charge < -0.3 is 4.74 Å². The number of carbonyl (C=O) groups is 1. The third kappa shape index (κ3) is 5.22. The van der Waals surface area contributed by atoms with Crippen LogP contribution in [0.25, 0.3) is 6.08 Å². The first-order chi connectivity index (χ1) is 15.0. The smallest absolute Gasteiger partial charge is 0.266 e. The van der Waals surface area contributed by atoms with Crippen molar-refractivity contribution in [3.05, 3.63) is 94.0 Å². The molecule has 1 aromatic heterocycles. The molecule has 1 fully saturated rings. The lowest BCUT2D eigenvalue weighted by atomic mass is 10.1. The molecule has 5 nitrogen and oxygen atoms in total. The maximum absolute atomic E-state index is 12.6. The summed E-state index contributed by atoms with van der Waals surface area (Å²) in [5.74, 6) is 1.31. The Morgan fingerprint density at radius 3 is 2.48 bits per heavy atom. The van der Waals surface area contributed by atoms with E-state index in [1.54, 1.807) is 11.9 Å². The van der Waals surface area contributed by atoms with Crippen LogP contribution in [0.4, 0.5) is 5.82 Å². The zero-order valence-corrected chi connectivity index (χ0v) is 18.5. The third-order valence-electron chi connectivity index (χ3n) is 4.79. The second kappa shape index (κ2) is 9.18. The molecule has 0 aliphatic carbocycles. The van der Waals surface area contributed by atoms with Crippen LogP contribution in [0.5, 0.6) is 5.75 Å². The molecule has 1 amide bonds. The van der Waals surface area contributed by atoms with Crippen LogP contribution in [-0.4, -0.2) is 28.0 Å². The van der Waals surface area contributed by atoms with Crippen LogP contribution in [0.3, 0.4) is 0 Å². The Morgan fingerprint density at radius 2 is 1.77 bits per heavy atom. The Balaban J connectivity index is 1.44. The number of amidine groups is 1. The standard InChI is InChI=1S/C25H23N3O2S/c1-17-7-9-20(10-8-17)16-30-21-13-11-19(12-14-21)15-22-24(29)28(3)25(31-22)27-23-6-4-5-18(2)26-23/h4-15H,16H2,1-3H3/b22-15-,27-25+. The van der Waals surface area contributed by atoms with Crippen molar-refractivity contribution >= 4 is 34.7 Å². The monoisotopic (exact) mass is 429 g/mol. The van der Waals surface area contributed by atoms with Crippen molar-refractivity contribution in [1.29, 1.82) is 0 Å². The van der Waals surface area contributed by atoms with Crippen LogP contribution in [0.1, 0.15) is 22.4 Å². The van der Waals surface area contributed by atoms with E-state index in [4.69, 9.17) is 4.74 Å². The largest absolute Gasteiger partial charge is 0.489 e. The van der Waals surface area contributed by atoms with E-state index in [-0.39, 0.29) is 5.91 Å². The minimum absolute atomic E-state index is 0.0731. The van der Waals surface area contributed by atoms with Crippen molar-refractivity contribution in [2.24, 2.45) is 4.99 Å². The van der Waals surface area contributed by atoms with Crippen molar-refractivity contribution in [1.82, 2.24) is 9.88 Å². The number of thioether (sulfide) groups is 1. The predicted octanol–water partition coefficient (Wildman–Crippen LogP) is 5.51. The van der Waals surface area contributed by atoms with Gasteiger partial charge >= 0.3 is 0 Å². The van der Waals surface area contributed by atoms with Gasteiger partial charge in [-0.1, -0.05) is 48.0 Å². The van der Waals surface area contributed by atoms with E-state index in [0.29, 0.717) is 22.5 Å². The molecule has 1 aliphatic heterocycles. The van der Waals surface area contributed by atoms with Gasteiger partial charge in [0.1, 0.15) is 12.4 Å². The molecule has 0 spiro atoms. The zero-order valence-electron chi connectivity index (χ0n) is 17.7. The van der Waals surface area contributed by atoms with Crippen LogP contribution in [0.2, 0.25) is 0 Å². The normalized spacial score (nSPS) is 16.4. The fourth-order valence-corrected chi connectivity index (χ4v) is 3.98. The summed E-state index contributed by atoms with van der Waals surface area (Å²) in [7, 11) is 1.73. The maximum Gasteiger partial charge on any atom is 0.266 e. The van der Waals surface area contributed by atoms with Gasteiger partial charge in [0.25, 0.3) is 5.91 Å². The first kappa shape index (κ1) is 20.9. The van der Waals surface area contributed by atoms with Crippen molar-refractivity contribution in [3.63, 3.8) is 0 Å². The molecule has 6 heteroatoms. The molecule has 0 radical (unpaired) electrons. The van der Waals surface area contributed by atoms with Gasteiger partial charge in [0.15, 0.2) is 11.0 Å². The number of carbonyl (C=O) groups excluding carboxylic acids is 1. The van der Waals surface area contributed by atoms with Gasteiger partial charge in [-0.25, -0.2) is 9.98 Å². The molecule has 1 saturated heterocycles. The van der Waals surface area contributed by atoms with Gasteiger partial charge in [0, 0.05) is 12.7 Å². The Labute approximate surface area is 186 Å². The van der Waals surface area contributed by atoms with Crippen molar-refractivity contribution in [3.8, 4) is 5.75 Å². The van der Waals surface area contributed by atoms with Crippen LogP contribution in [0, 0.1) is 13.8 Å². The predicted molar refractivity (Wildman–Crippen MR) is 126 cm³/mol. The lowest BCUT2D eigenvalue weighted by Gasteiger charge is -2.07. The minimum atomic E-state index is -0.0731. The van der Waals surface area contributed by atoms with Crippen molar-refractivity contribution in [2.45, 2.75) is 20.5 Å². The number of rotatable bonds is 5. The van der Waals surface area contributed by atoms with E-state index in [1.165, 1.54) is 17.3 Å². The molecule has 3 aromatic rings. The highest BCUT2D eigenvalue weighted by Gasteiger charge is 2.30. The number of hydrogen-bond donors (Lipinski definition) is 0. The van der Waals surface area contributed by atoms with Crippen LogP contribution in [0.15, 0.2) is 76.6 Å². The first-order valence-electron chi connectivity index (χ1n) is 9.96. The molecule has 4 rings (SSSR count). The van der Waals surface area contributed by atoms with E-state index < -0.39 is 0 Å². The third-order valence-corrected chi connectivity index (χ3v) is 5.85. The molecular formula is C25H23N3O2S. The summed E-state index contributed by atoms with van der Waals surface area (Å²) in [6.45, 7) is 4.50. The number of ether oxygens (including phenoxy) is 1. The van der Waals surface area contributed by atoms with Gasteiger partial charge in [-0.15, -0.1) is 0 Å². The number of pyridine rings is 1. The average molecular weight is 430 g/mol. The Morgan fingerprint density at radius 1 is 1.03 bits per heavy atom. The second-order valence-corrected chi connectivity index (χ2v) is 8.36. The summed E-state index contributed by atoms with van der Waals surface area (Å²) in [6.07, 6.45) is 1.87. The second-order valence-electron chi connectivity index (χ2n) is 7.35. The van der Waals surface area contributed by atoms with Crippen molar-refractivity contribution < 1.29 is 9.53 Å². The summed E-state index contributed by atoms with van der Waals surface area (Å²) in [5.41, 5.74) is 4.18. The fraction of sp³-hybridized carbons (Fsp3) is 0.160. The average Bonchev–Trinajstić information content (AvgIpc) is 3.02. The molecule has 0 unspecified atom stereocenters. The number of likely N-dealkylation sites (N-methyl/N-ethyl adjacent to an activating group) is 1. The Bertz CT molecular complexity index is 1150. The molecule has 0 bridgehead atoms. The van der Waals surface area contributed by atoms with Gasteiger partial charge in [-0.3, -0.25) is 9.69 Å². The number of benzene rings is 2. The van der Waals surface area contributed by atoms with E-state index in [0.717, 1.165) is 22.6 Å². The first-order valence-corrected chi connectivity index (χ1v) is 10.8. The highest BCUT2D eigenvalue weighted by Crippen LogP contribution is 2.33. The quantitative estimate of drug-likeness (QED) is 0.502. The number of amides is 1. The van der Waals surface area contributed by atoms with E-state index >= 15 is 0 Å². The molecule has 0 saturated carbocycles. The van der Waals surface area contributed by atoms with Crippen LogP contribution in [-0.2, 0) is 11.4 Å². The summed E-state index contributed by atoms with van der Waals surface area (Å²) in [4.78, 5) is 23.7. The SMILES string of the molecule is Cc1ccc(COc2ccc(/C=C3\S/C(=N/c4cccc(C)n4)N(C)C3=O)cc2)cc1. The minimum Gasteiger partial charge on any atom is -0.489 e. The van der Waals surface area contributed by atoms with Gasteiger partial charge in [0.2, 0.25) is 0 Å². The Kier molecular flexibility index (Phi) is 6.18. The fourth-order valence-electron chi connectivity index (χ4n) is 3.00. The zero-order chi connectivity index (χ0) is 21.8. The van der Waals surface area contributed by atoms with Gasteiger partial charge in [-0.05, 0) is 67.1 Å². The summed E-state index contributed by atoms with van der Waals surface area (Å²) < 4.78 is 5.86. The lowest BCUT2D eigenvalue weighted by Crippen LogP contribution is -2.23. The topological polar surface area (TPSA) is 54.8 Å². The number of aliphatic imine (C=N–C) groups is 1. The highest BCUT2D eigenvalue weighted by molar-refractivity contribution is 8.18. The Hall–Kier alpha value is -3.38. The van der Waals surface area contributed by atoms with Crippen LogP contribution >= 0.6 is 11.8 Å². The summed E-state index contributed by atoms with van der Waals surface area (Å²) in [6, 6.07) is 21.7. The van der Waals surface area contributed by atoms with Gasteiger partial charge in [-0.2, -0.15) is 0 Å².